The lowest BCUT2D eigenvalue weighted by molar-refractivity contribution is -0.0643. The highest BCUT2D eigenvalue weighted by Crippen LogP contribution is 2.49. The molecule has 0 aromatic carbocycles. The van der Waals surface area contributed by atoms with Gasteiger partial charge in [-0.15, -0.1) is 0 Å². The fourth-order valence-corrected chi connectivity index (χ4v) is 5.70. The van der Waals surface area contributed by atoms with Crippen LogP contribution in [0.25, 0.3) is 0 Å². The van der Waals surface area contributed by atoms with E-state index in [0.717, 1.165) is 32.4 Å². The second-order valence-electron chi connectivity index (χ2n) is 9.41. The third kappa shape index (κ3) is 6.19. The van der Waals surface area contributed by atoms with Gasteiger partial charge >= 0.3 is 0 Å². The van der Waals surface area contributed by atoms with Crippen LogP contribution in [0.15, 0.2) is 0 Å². The lowest BCUT2D eigenvalue weighted by Crippen LogP contribution is -2.54. The number of likely N-dealkylation sites (tertiary alicyclic amines) is 1. The van der Waals surface area contributed by atoms with Gasteiger partial charge in [0, 0.05) is 13.1 Å². The van der Waals surface area contributed by atoms with Crippen LogP contribution in [0.5, 0.6) is 0 Å². The molecule has 0 aromatic rings. The molecule has 0 amide bonds. The third-order valence-electron chi connectivity index (χ3n) is 7.26. The summed E-state index contributed by atoms with van der Waals surface area (Å²) in [5.41, 5.74) is 0.347. The second-order valence-corrected chi connectivity index (χ2v) is 9.88. The van der Waals surface area contributed by atoms with E-state index in [4.69, 9.17) is 12.2 Å². The van der Waals surface area contributed by atoms with Crippen molar-refractivity contribution >= 4 is 17.2 Å². The minimum Gasteiger partial charge on any atom is -0.393 e. The van der Waals surface area contributed by atoms with Crippen molar-refractivity contribution in [3.8, 4) is 0 Å². The van der Waals surface area contributed by atoms with Crippen molar-refractivity contribution < 1.29 is 5.11 Å². The zero-order valence-electron chi connectivity index (χ0n) is 17.6. The fourth-order valence-electron chi connectivity index (χ4n) is 5.40. The molecule has 0 bridgehead atoms. The number of unbranched alkanes of at least 4 members (excludes halogenated alkanes) is 8. The third-order valence-corrected chi connectivity index (χ3v) is 7.72. The lowest BCUT2D eigenvalue weighted by Gasteiger charge is -2.53. The highest BCUT2D eigenvalue weighted by atomic mass is 32.1. The summed E-state index contributed by atoms with van der Waals surface area (Å²) in [6.45, 7) is 9.19. The summed E-state index contributed by atoms with van der Waals surface area (Å²) in [4.78, 5) is 3.70. The Balaban J connectivity index is 1.62. The van der Waals surface area contributed by atoms with E-state index in [1.807, 2.05) is 0 Å². The van der Waals surface area contributed by atoms with Gasteiger partial charge < -0.3 is 10.0 Å². The Labute approximate surface area is 168 Å². The predicted molar refractivity (Wildman–Crippen MR) is 117 cm³/mol. The van der Waals surface area contributed by atoms with Crippen LogP contribution in [-0.2, 0) is 0 Å². The minimum atomic E-state index is -0.0893. The average Bonchev–Trinajstić information content (AvgIpc) is 2.63. The number of thiocarbonyl (C=S) groups is 1. The molecule has 2 fully saturated rings. The van der Waals surface area contributed by atoms with Gasteiger partial charge in [-0.05, 0) is 49.4 Å². The zero-order chi connectivity index (χ0) is 19.0. The molecule has 2 aliphatic rings. The van der Waals surface area contributed by atoms with E-state index in [-0.39, 0.29) is 6.10 Å². The number of hydrogen-bond donors (Lipinski definition) is 1. The van der Waals surface area contributed by atoms with Crippen molar-refractivity contribution in [1.82, 2.24) is 4.90 Å². The molecule has 152 valence electrons. The van der Waals surface area contributed by atoms with Crippen LogP contribution in [0.2, 0.25) is 0 Å². The maximum atomic E-state index is 10.2. The zero-order valence-corrected chi connectivity index (χ0v) is 18.5. The quantitative estimate of drug-likeness (QED) is 0.352. The summed E-state index contributed by atoms with van der Waals surface area (Å²) in [5, 5.41) is 10.2. The van der Waals surface area contributed by atoms with Gasteiger partial charge in [-0.1, -0.05) is 84.4 Å². The average molecular weight is 382 g/mol. The molecule has 3 heteroatoms. The first-order valence-corrected chi connectivity index (χ1v) is 11.8. The minimum absolute atomic E-state index is 0.0893. The van der Waals surface area contributed by atoms with Crippen molar-refractivity contribution in [2.45, 2.75) is 110 Å². The molecule has 1 aliphatic heterocycles. The Morgan fingerprint density at radius 1 is 1.04 bits per heavy atom. The van der Waals surface area contributed by atoms with Gasteiger partial charge in [0.15, 0.2) is 0 Å². The van der Waals surface area contributed by atoms with Crippen molar-refractivity contribution in [2.75, 3.05) is 13.1 Å². The summed E-state index contributed by atoms with van der Waals surface area (Å²) in [6, 6.07) is 0. The first-order chi connectivity index (χ1) is 12.5. The summed E-state index contributed by atoms with van der Waals surface area (Å²) in [7, 11) is 0. The standard InChI is InChI=1S/C23H43NOS/c1-4-5-6-7-8-9-10-11-12-13-22(26)24-17-15-20-19(2)21(25)14-16-23(20,3)18-24/h19-21,25H,4-18H2,1-3H3/t19-,20-,21-,23+/m0/s1. The van der Waals surface area contributed by atoms with Crippen LogP contribution < -0.4 is 0 Å². The van der Waals surface area contributed by atoms with Gasteiger partial charge in [0.1, 0.15) is 0 Å². The number of aliphatic hydroxyl groups is 1. The van der Waals surface area contributed by atoms with Gasteiger partial charge in [0.2, 0.25) is 0 Å². The summed E-state index contributed by atoms with van der Waals surface area (Å²) in [6.07, 6.45) is 16.7. The van der Waals surface area contributed by atoms with E-state index >= 15 is 0 Å². The number of rotatable bonds is 10. The molecule has 1 saturated heterocycles. The molecule has 1 heterocycles. The molecule has 26 heavy (non-hydrogen) atoms. The van der Waals surface area contributed by atoms with Crippen molar-refractivity contribution in [1.29, 1.82) is 0 Å². The van der Waals surface area contributed by atoms with Crippen LogP contribution >= 0.6 is 12.2 Å². The van der Waals surface area contributed by atoms with E-state index in [9.17, 15) is 5.11 Å². The van der Waals surface area contributed by atoms with E-state index in [0.29, 0.717) is 17.3 Å². The maximum absolute atomic E-state index is 10.2. The van der Waals surface area contributed by atoms with E-state index in [2.05, 4.69) is 25.7 Å². The molecule has 2 rings (SSSR count). The molecule has 0 spiro atoms. The highest BCUT2D eigenvalue weighted by Gasteiger charge is 2.47. The van der Waals surface area contributed by atoms with Crippen molar-refractivity contribution in [3.63, 3.8) is 0 Å². The molecular weight excluding hydrogens is 338 g/mol. The monoisotopic (exact) mass is 381 g/mol. The number of nitrogens with zero attached hydrogens (tertiary/aromatic N) is 1. The highest BCUT2D eigenvalue weighted by molar-refractivity contribution is 7.80. The summed E-state index contributed by atoms with van der Waals surface area (Å²) >= 11 is 5.80. The summed E-state index contributed by atoms with van der Waals surface area (Å²) < 4.78 is 0. The Morgan fingerprint density at radius 2 is 1.65 bits per heavy atom. The fraction of sp³-hybridized carbons (Fsp3) is 0.957. The van der Waals surface area contributed by atoms with Gasteiger partial charge in [0.05, 0.1) is 11.1 Å². The topological polar surface area (TPSA) is 23.5 Å². The Hall–Kier alpha value is -0.150. The molecule has 0 aromatic heterocycles. The van der Waals surface area contributed by atoms with E-state index < -0.39 is 0 Å². The maximum Gasteiger partial charge on any atom is 0.0779 e. The Kier molecular flexibility index (Phi) is 9.37. The molecule has 2 nitrogen and oxygen atoms in total. The molecule has 0 unspecified atom stereocenters. The first kappa shape index (κ1) is 22.1. The predicted octanol–water partition coefficient (Wildman–Crippen LogP) is 6.35. The summed E-state index contributed by atoms with van der Waals surface area (Å²) in [5.74, 6) is 1.11. The number of aliphatic hydroxyl groups excluding tert-OH is 1. The SMILES string of the molecule is CCCCCCCCCCCC(=S)N1CC[C@H]2[C@H](C)[C@@H](O)CC[C@]2(C)C1. The smallest absolute Gasteiger partial charge is 0.0779 e. The molecular formula is C23H43NOS. The van der Waals surface area contributed by atoms with Gasteiger partial charge in [-0.3, -0.25) is 0 Å². The first-order valence-electron chi connectivity index (χ1n) is 11.4. The molecule has 1 aliphatic carbocycles. The van der Waals surface area contributed by atoms with Crippen LogP contribution in [0.1, 0.15) is 104 Å². The van der Waals surface area contributed by atoms with Crippen LogP contribution in [0.4, 0.5) is 0 Å². The van der Waals surface area contributed by atoms with Crippen LogP contribution in [-0.4, -0.2) is 34.2 Å². The number of piperidine rings is 1. The van der Waals surface area contributed by atoms with Crippen LogP contribution in [0, 0.1) is 17.3 Å². The molecule has 1 N–H and O–H groups in total. The molecule has 0 radical (unpaired) electrons. The van der Waals surface area contributed by atoms with Crippen molar-refractivity contribution in [2.24, 2.45) is 17.3 Å². The normalized spacial score (nSPS) is 31.7. The number of hydrogen-bond acceptors (Lipinski definition) is 2. The van der Waals surface area contributed by atoms with E-state index in [1.54, 1.807) is 0 Å². The second kappa shape index (κ2) is 11.0. The van der Waals surface area contributed by atoms with Gasteiger partial charge in [0.25, 0.3) is 0 Å². The Morgan fingerprint density at radius 3 is 2.31 bits per heavy atom. The van der Waals surface area contributed by atoms with Crippen LogP contribution in [0.3, 0.4) is 0 Å². The van der Waals surface area contributed by atoms with Crippen molar-refractivity contribution in [3.05, 3.63) is 0 Å². The molecule has 1 saturated carbocycles. The van der Waals surface area contributed by atoms with E-state index in [1.165, 1.54) is 69.2 Å². The lowest BCUT2D eigenvalue weighted by atomic mass is 9.59. The van der Waals surface area contributed by atoms with Gasteiger partial charge in [-0.2, -0.15) is 0 Å². The van der Waals surface area contributed by atoms with Gasteiger partial charge in [-0.25, -0.2) is 0 Å². The molecule has 4 atom stereocenters. The largest absolute Gasteiger partial charge is 0.393 e. The Bertz CT molecular complexity index is 426. The number of fused-ring (bicyclic) bond motifs is 1.